The molecular formula is C16H31N3O2. The van der Waals surface area contributed by atoms with Gasteiger partial charge < -0.3 is 15.0 Å². The van der Waals surface area contributed by atoms with Gasteiger partial charge in [-0.3, -0.25) is 9.69 Å². The van der Waals surface area contributed by atoms with E-state index in [0.29, 0.717) is 6.42 Å². The van der Waals surface area contributed by atoms with E-state index < -0.39 is 0 Å². The maximum atomic E-state index is 11.7. The zero-order chi connectivity index (χ0) is 15.3. The Labute approximate surface area is 129 Å². The number of carbonyl (C=O) groups excluding carboxylic acids is 1. The highest BCUT2D eigenvalue weighted by molar-refractivity contribution is 5.70. The van der Waals surface area contributed by atoms with Crippen LogP contribution in [0, 0.1) is 0 Å². The number of hydrogen-bond acceptors (Lipinski definition) is 5. The molecule has 2 rings (SSSR count). The fourth-order valence-electron chi connectivity index (χ4n) is 3.17. The number of rotatable bonds is 4. The van der Waals surface area contributed by atoms with Gasteiger partial charge in [0.2, 0.25) is 0 Å². The molecule has 0 aromatic carbocycles. The average molecular weight is 297 g/mol. The van der Waals surface area contributed by atoms with Crippen molar-refractivity contribution in [1.82, 2.24) is 15.1 Å². The molecule has 2 saturated heterocycles. The Kier molecular flexibility index (Phi) is 6.02. The van der Waals surface area contributed by atoms with E-state index in [2.05, 4.69) is 15.1 Å². The molecule has 0 bridgehead atoms. The van der Waals surface area contributed by atoms with Crippen LogP contribution in [0.2, 0.25) is 0 Å². The highest BCUT2D eigenvalue weighted by Gasteiger charge is 2.25. The summed E-state index contributed by atoms with van der Waals surface area (Å²) in [6.45, 7) is 13.3. The van der Waals surface area contributed by atoms with Crippen molar-refractivity contribution in [2.75, 3.05) is 45.8 Å². The molecule has 2 heterocycles. The van der Waals surface area contributed by atoms with Crippen molar-refractivity contribution in [3.63, 3.8) is 0 Å². The number of hydrogen-bond donors (Lipinski definition) is 1. The second-order valence-corrected chi connectivity index (χ2v) is 7.20. The fraction of sp³-hybridized carbons (Fsp3) is 0.938. The van der Waals surface area contributed by atoms with Gasteiger partial charge in [-0.25, -0.2) is 0 Å². The first-order chi connectivity index (χ1) is 9.94. The molecule has 0 aliphatic carbocycles. The van der Waals surface area contributed by atoms with Crippen molar-refractivity contribution in [1.29, 1.82) is 0 Å². The molecule has 0 spiro atoms. The minimum Gasteiger partial charge on any atom is -0.460 e. The van der Waals surface area contributed by atoms with Crippen molar-refractivity contribution in [3.05, 3.63) is 0 Å². The summed E-state index contributed by atoms with van der Waals surface area (Å²) in [6, 6.07) is 0.763. The molecule has 1 N–H and O–H groups in total. The van der Waals surface area contributed by atoms with Gasteiger partial charge in [-0.2, -0.15) is 0 Å². The molecule has 0 atom stereocenters. The van der Waals surface area contributed by atoms with E-state index >= 15 is 0 Å². The van der Waals surface area contributed by atoms with Crippen LogP contribution in [0.4, 0.5) is 0 Å². The summed E-state index contributed by atoms with van der Waals surface area (Å²) in [4.78, 5) is 16.8. The molecule has 0 saturated carbocycles. The normalized spacial score (nSPS) is 23.2. The average Bonchev–Trinajstić information content (AvgIpc) is 2.45. The standard InChI is InChI=1S/C16H31N3O2/c1-16(2,3)21-15(20)6-9-18-10-12-19(13-11-18)14-4-7-17-8-5-14/h14,17H,4-13H2,1-3H3. The lowest BCUT2D eigenvalue weighted by atomic mass is 10.0. The Morgan fingerprint density at radius 3 is 2.33 bits per heavy atom. The summed E-state index contributed by atoms with van der Waals surface area (Å²) in [5.41, 5.74) is -0.370. The van der Waals surface area contributed by atoms with Crippen molar-refractivity contribution in [2.24, 2.45) is 0 Å². The van der Waals surface area contributed by atoms with E-state index in [9.17, 15) is 4.79 Å². The van der Waals surface area contributed by atoms with Crippen molar-refractivity contribution in [2.45, 2.75) is 51.7 Å². The third kappa shape index (κ3) is 5.93. The van der Waals surface area contributed by atoms with Gasteiger partial charge in [0.15, 0.2) is 0 Å². The van der Waals surface area contributed by atoms with Crippen LogP contribution in [0.3, 0.4) is 0 Å². The fourth-order valence-corrected chi connectivity index (χ4v) is 3.17. The molecular weight excluding hydrogens is 266 g/mol. The van der Waals surface area contributed by atoms with Gasteiger partial charge in [-0.1, -0.05) is 0 Å². The van der Waals surface area contributed by atoms with Crippen molar-refractivity contribution in [3.8, 4) is 0 Å². The summed E-state index contributed by atoms with van der Waals surface area (Å²) >= 11 is 0. The smallest absolute Gasteiger partial charge is 0.307 e. The van der Waals surface area contributed by atoms with E-state index in [0.717, 1.165) is 51.9 Å². The largest absolute Gasteiger partial charge is 0.460 e. The Hall–Kier alpha value is -0.650. The molecule has 0 aromatic heterocycles. The summed E-state index contributed by atoms with van der Waals surface area (Å²) in [6.07, 6.45) is 3.06. The molecule has 5 nitrogen and oxygen atoms in total. The SMILES string of the molecule is CC(C)(C)OC(=O)CCN1CCN(C2CCNCC2)CC1. The molecule has 2 aliphatic heterocycles. The van der Waals surface area contributed by atoms with Crippen LogP contribution in [0.1, 0.15) is 40.0 Å². The monoisotopic (exact) mass is 297 g/mol. The van der Waals surface area contributed by atoms with Crippen LogP contribution < -0.4 is 5.32 Å². The third-order valence-corrected chi connectivity index (χ3v) is 4.28. The predicted octanol–water partition coefficient (Wildman–Crippen LogP) is 1.09. The van der Waals surface area contributed by atoms with Gasteiger partial charge in [0.1, 0.15) is 5.60 Å². The minimum absolute atomic E-state index is 0.0803. The first-order valence-electron chi connectivity index (χ1n) is 8.33. The van der Waals surface area contributed by atoms with Crippen molar-refractivity contribution < 1.29 is 9.53 Å². The summed E-state index contributed by atoms with van der Waals surface area (Å²) in [5.74, 6) is -0.0803. The van der Waals surface area contributed by atoms with Crippen LogP contribution in [-0.2, 0) is 9.53 Å². The molecule has 0 unspecified atom stereocenters. The zero-order valence-electron chi connectivity index (χ0n) is 13.9. The number of piperidine rings is 1. The molecule has 0 aromatic rings. The van der Waals surface area contributed by atoms with Gasteiger partial charge >= 0.3 is 5.97 Å². The number of carbonyl (C=O) groups is 1. The van der Waals surface area contributed by atoms with Crippen molar-refractivity contribution >= 4 is 5.97 Å². The first-order valence-corrected chi connectivity index (χ1v) is 8.33. The molecule has 21 heavy (non-hydrogen) atoms. The summed E-state index contributed by atoms with van der Waals surface area (Å²) in [5, 5.41) is 3.43. The van der Waals surface area contributed by atoms with E-state index in [1.165, 1.54) is 12.8 Å². The highest BCUT2D eigenvalue weighted by atomic mass is 16.6. The second kappa shape index (κ2) is 7.56. The van der Waals surface area contributed by atoms with Crippen LogP contribution in [0.5, 0.6) is 0 Å². The number of piperazine rings is 1. The lowest BCUT2D eigenvalue weighted by molar-refractivity contribution is -0.155. The van der Waals surface area contributed by atoms with Gasteiger partial charge in [-0.15, -0.1) is 0 Å². The van der Waals surface area contributed by atoms with Gasteiger partial charge in [-0.05, 0) is 46.7 Å². The van der Waals surface area contributed by atoms with Crippen LogP contribution in [0.15, 0.2) is 0 Å². The Morgan fingerprint density at radius 2 is 1.76 bits per heavy atom. The maximum absolute atomic E-state index is 11.7. The van der Waals surface area contributed by atoms with Gasteiger partial charge in [0, 0.05) is 38.8 Å². The van der Waals surface area contributed by atoms with Crippen LogP contribution in [-0.4, -0.2) is 73.2 Å². The minimum atomic E-state index is -0.370. The second-order valence-electron chi connectivity index (χ2n) is 7.20. The quantitative estimate of drug-likeness (QED) is 0.787. The lowest BCUT2D eigenvalue weighted by Crippen LogP contribution is -2.53. The van der Waals surface area contributed by atoms with Crippen LogP contribution in [0.25, 0.3) is 0 Å². The molecule has 122 valence electrons. The number of esters is 1. The molecule has 0 radical (unpaired) electrons. The van der Waals surface area contributed by atoms with Gasteiger partial charge in [0.05, 0.1) is 6.42 Å². The third-order valence-electron chi connectivity index (χ3n) is 4.28. The molecule has 2 fully saturated rings. The number of nitrogens with one attached hydrogen (secondary N) is 1. The maximum Gasteiger partial charge on any atom is 0.307 e. The Morgan fingerprint density at radius 1 is 1.14 bits per heavy atom. The molecule has 5 heteroatoms. The highest BCUT2D eigenvalue weighted by Crippen LogP contribution is 2.15. The number of ether oxygens (including phenoxy) is 1. The van der Waals surface area contributed by atoms with E-state index in [1.54, 1.807) is 0 Å². The predicted molar refractivity (Wildman–Crippen MR) is 84.4 cm³/mol. The topological polar surface area (TPSA) is 44.8 Å². The molecule has 0 amide bonds. The Bertz CT molecular complexity index is 327. The van der Waals surface area contributed by atoms with Gasteiger partial charge in [0.25, 0.3) is 0 Å². The van der Waals surface area contributed by atoms with Crippen LogP contribution >= 0.6 is 0 Å². The summed E-state index contributed by atoms with van der Waals surface area (Å²) in [7, 11) is 0. The number of nitrogens with zero attached hydrogens (tertiary/aromatic N) is 2. The lowest BCUT2D eigenvalue weighted by Gasteiger charge is -2.40. The zero-order valence-corrected chi connectivity index (χ0v) is 13.9. The first kappa shape index (κ1) is 16.7. The summed E-state index contributed by atoms with van der Waals surface area (Å²) < 4.78 is 5.36. The van der Waals surface area contributed by atoms with E-state index in [4.69, 9.17) is 4.74 Å². The Balaban J connectivity index is 1.63. The van der Waals surface area contributed by atoms with E-state index in [1.807, 2.05) is 20.8 Å². The van der Waals surface area contributed by atoms with E-state index in [-0.39, 0.29) is 11.6 Å². The molecule has 2 aliphatic rings.